The third-order valence-corrected chi connectivity index (χ3v) is 12.8. The molecule has 0 unspecified atom stereocenters. The summed E-state index contributed by atoms with van der Waals surface area (Å²) in [4.78, 5) is 15.2. The van der Waals surface area contributed by atoms with E-state index in [4.69, 9.17) is 10.5 Å². The third-order valence-electron chi connectivity index (χ3n) is 9.63. The van der Waals surface area contributed by atoms with Crippen LogP contribution in [0.15, 0.2) is 122 Å². The van der Waals surface area contributed by atoms with Gasteiger partial charge in [-0.2, -0.15) is 11.3 Å². The van der Waals surface area contributed by atoms with Crippen LogP contribution in [0.1, 0.15) is 41.9 Å². The molecule has 0 atom stereocenters. The van der Waals surface area contributed by atoms with Crippen LogP contribution in [0.3, 0.4) is 0 Å². The molecule has 0 aliphatic carbocycles. The second-order valence-corrected chi connectivity index (χ2v) is 20.8. The molecule has 9 aromatic rings. The summed E-state index contributed by atoms with van der Waals surface area (Å²) in [6, 6.07) is 42.1. The number of imidazole rings is 1. The van der Waals surface area contributed by atoms with E-state index in [1.807, 2.05) is 18.3 Å². The van der Waals surface area contributed by atoms with Crippen LogP contribution in [0.2, 0.25) is 19.6 Å². The van der Waals surface area contributed by atoms with Crippen molar-refractivity contribution < 1.29 is 30.0 Å². The number of hydrogen-bond acceptors (Lipinski definition) is 4. The maximum atomic E-state index is 14.5. The quantitative estimate of drug-likeness (QED) is 0.123. The van der Waals surface area contributed by atoms with Gasteiger partial charge in [0.15, 0.2) is 0 Å². The van der Waals surface area contributed by atoms with E-state index in [2.05, 4.69) is 125 Å². The van der Waals surface area contributed by atoms with Crippen LogP contribution in [-0.4, -0.2) is 27.6 Å². The normalized spacial score (nSPS) is 13.1. The SMILES string of the molecule is [2H]C([2H])([2H])c1c[c-]c(-c2cc(C([2H])(C)C)c([Si](C)(C)C)cn2)c(F)c1.[Ir].[c-]1ccc2c(sc3ncccc32)c1-c1nc2cc3ccccc3cc2n1Cc1ccccc1. The Morgan fingerprint density at radius 2 is 1.64 bits per heavy atom. The molecule has 0 aliphatic rings. The zero-order valence-electron chi connectivity index (χ0n) is 35.2. The van der Waals surface area contributed by atoms with Crippen molar-refractivity contribution in [2.75, 3.05) is 0 Å². The Morgan fingerprint density at radius 1 is 0.873 bits per heavy atom. The fourth-order valence-electron chi connectivity index (χ4n) is 6.94. The molecule has 277 valence electrons. The summed E-state index contributed by atoms with van der Waals surface area (Å²) in [6.07, 6.45) is 3.59. The van der Waals surface area contributed by atoms with Gasteiger partial charge in [-0.1, -0.05) is 129 Å². The number of pyridine rings is 2. The molecule has 0 spiro atoms. The summed E-state index contributed by atoms with van der Waals surface area (Å²) >= 11 is 1.72. The van der Waals surface area contributed by atoms with Crippen molar-refractivity contribution in [3.05, 3.63) is 156 Å². The monoisotopic (exact) mass is 937 g/mol. The minimum atomic E-state index is -2.38. The van der Waals surface area contributed by atoms with Crippen molar-refractivity contribution >= 4 is 66.7 Å². The van der Waals surface area contributed by atoms with Gasteiger partial charge < -0.3 is 9.55 Å². The van der Waals surface area contributed by atoms with Gasteiger partial charge in [-0.25, -0.2) is 4.98 Å². The molecular weight excluding hydrogens is 892 g/mol. The Morgan fingerprint density at radius 3 is 2.36 bits per heavy atom. The standard InChI is InChI=1S/C29H18N3S.C18H23FNSi.Ir/c1-2-8-19(9-3-1)18-32-26-17-21-11-5-4-10-20(21)16-25(26)31-28(32)24-13-6-12-22-23-14-7-15-30-29(23)33-27(22)24;1-12(2)15-10-17(20-11-18(15)21(4,5)6)14-8-7-13(3)9-16(14)19;/h1-12,14-17H,18H2;7,9-12H,1-6H3;/q2*-1;/i;3D3,12D;. The van der Waals surface area contributed by atoms with E-state index < -0.39 is 26.6 Å². The summed E-state index contributed by atoms with van der Waals surface area (Å²) in [7, 11) is -1.72. The number of fused-ring (bicyclic) bond motifs is 5. The first-order chi connectivity index (χ1) is 27.6. The Balaban J connectivity index is 0.000000184. The number of aryl methyl sites for hydroxylation is 1. The topological polar surface area (TPSA) is 43.6 Å². The number of hydrogen-bond donors (Lipinski definition) is 0. The smallest absolute Gasteiger partial charge is 0.113 e. The van der Waals surface area contributed by atoms with Crippen molar-refractivity contribution in [2.45, 2.75) is 52.8 Å². The molecule has 4 nitrogen and oxygen atoms in total. The van der Waals surface area contributed by atoms with Crippen LogP contribution in [0.25, 0.3) is 64.8 Å². The molecule has 4 heterocycles. The maximum absolute atomic E-state index is 14.5. The summed E-state index contributed by atoms with van der Waals surface area (Å²) in [5.74, 6) is -0.570. The number of nitrogens with zero attached hydrogens (tertiary/aromatic N) is 4. The fraction of sp³-hybridized carbons (Fsp3) is 0.170. The van der Waals surface area contributed by atoms with Crippen molar-refractivity contribution in [2.24, 2.45) is 0 Å². The van der Waals surface area contributed by atoms with Gasteiger partial charge in [0.05, 0.1) is 24.9 Å². The van der Waals surface area contributed by atoms with Crippen LogP contribution in [0.4, 0.5) is 4.39 Å². The fourth-order valence-corrected chi connectivity index (χ4v) is 9.66. The number of benzene rings is 5. The Bertz CT molecular complexity index is 2970. The van der Waals surface area contributed by atoms with Crippen LogP contribution in [0, 0.1) is 24.8 Å². The zero-order valence-corrected chi connectivity index (χ0v) is 35.4. The van der Waals surface area contributed by atoms with Gasteiger partial charge in [0.1, 0.15) is 4.83 Å². The third kappa shape index (κ3) is 7.70. The molecule has 0 amide bonds. The van der Waals surface area contributed by atoms with Crippen LogP contribution >= 0.6 is 11.3 Å². The van der Waals surface area contributed by atoms with Gasteiger partial charge >= 0.3 is 0 Å². The average molecular weight is 937 g/mol. The number of aromatic nitrogens is 4. The van der Waals surface area contributed by atoms with Crippen molar-refractivity contribution in [3.8, 4) is 22.6 Å². The predicted octanol–water partition coefficient (Wildman–Crippen LogP) is 12.1. The Hall–Kier alpha value is -4.85. The summed E-state index contributed by atoms with van der Waals surface area (Å²) in [5.41, 5.74) is 5.65. The Labute approximate surface area is 346 Å². The molecule has 0 saturated heterocycles. The van der Waals surface area contributed by atoms with Crippen LogP contribution in [0.5, 0.6) is 0 Å². The number of halogens is 1. The average Bonchev–Trinajstić information content (AvgIpc) is 3.74. The molecule has 55 heavy (non-hydrogen) atoms. The van der Waals surface area contributed by atoms with E-state index in [-0.39, 0.29) is 31.2 Å². The van der Waals surface area contributed by atoms with Crippen molar-refractivity contribution in [1.82, 2.24) is 19.5 Å². The van der Waals surface area contributed by atoms with E-state index in [9.17, 15) is 4.39 Å². The van der Waals surface area contributed by atoms with E-state index in [1.165, 1.54) is 37.9 Å². The van der Waals surface area contributed by atoms with Gasteiger partial charge in [-0.15, -0.1) is 42.0 Å². The predicted molar refractivity (Wildman–Crippen MR) is 228 cm³/mol. The molecule has 8 heteroatoms. The van der Waals surface area contributed by atoms with Gasteiger partial charge in [0.2, 0.25) is 0 Å². The van der Waals surface area contributed by atoms with Gasteiger partial charge in [-0.3, -0.25) is 9.37 Å². The van der Waals surface area contributed by atoms with E-state index in [0.717, 1.165) is 50.6 Å². The van der Waals surface area contributed by atoms with Crippen LogP contribution < -0.4 is 5.19 Å². The van der Waals surface area contributed by atoms with E-state index in [0.29, 0.717) is 5.69 Å². The first kappa shape index (κ1) is 33.5. The molecule has 4 aromatic heterocycles. The van der Waals surface area contributed by atoms with Gasteiger partial charge in [0.25, 0.3) is 0 Å². The van der Waals surface area contributed by atoms with Crippen LogP contribution in [-0.2, 0) is 26.7 Å². The molecule has 1 radical (unpaired) electrons. The zero-order chi connectivity index (χ0) is 41.0. The van der Waals surface area contributed by atoms with Gasteiger partial charge in [0, 0.05) is 50.3 Å². The van der Waals surface area contributed by atoms with Crippen molar-refractivity contribution in [1.29, 1.82) is 0 Å². The van der Waals surface area contributed by atoms with Gasteiger partial charge in [-0.05, 0) is 61.4 Å². The molecule has 0 N–H and O–H groups in total. The first-order valence-electron chi connectivity index (χ1n) is 19.9. The molecule has 0 saturated carbocycles. The van der Waals surface area contributed by atoms with E-state index in [1.54, 1.807) is 37.4 Å². The summed E-state index contributed by atoms with van der Waals surface area (Å²) in [6.45, 7) is 8.50. The maximum Gasteiger partial charge on any atom is 0.113 e. The number of thiophene rings is 1. The molecule has 0 aliphatic heterocycles. The minimum absolute atomic E-state index is 0. The van der Waals surface area contributed by atoms with Crippen molar-refractivity contribution in [3.63, 3.8) is 0 Å². The number of rotatable bonds is 6. The second kappa shape index (κ2) is 15.7. The molecule has 5 aromatic carbocycles. The second-order valence-electron chi connectivity index (χ2n) is 14.7. The summed E-state index contributed by atoms with van der Waals surface area (Å²) < 4.78 is 48.5. The molecule has 0 bridgehead atoms. The first-order valence-corrected chi connectivity index (χ1v) is 22.2. The van der Waals surface area contributed by atoms with E-state index >= 15 is 0 Å². The molecule has 9 rings (SSSR count). The summed E-state index contributed by atoms with van der Waals surface area (Å²) in [5, 5.41) is 5.88. The molecular formula is C47H41FIrN4SSi-2. The largest absolute Gasteiger partial charge is 0.360 e. The molecule has 0 fully saturated rings. The minimum Gasteiger partial charge on any atom is -0.360 e. The Kier molecular flexibility index (Phi) is 9.57.